The van der Waals surface area contributed by atoms with E-state index in [9.17, 15) is 13.6 Å². The highest BCUT2D eigenvalue weighted by atomic mass is 32.1. The molecule has 4 aromatic rings. The van der Waals surface area contributed by atoms with Crippen molar-refractivity contribution >= 4 is 27.3 Å². The molecule has 1 amide bonds. The van der Waals surface area contributed by atoms with Crippen molar-refractivity contribution in [2.24, 2.45) is 5.92 Å². The number of benzene rings is 2. The topological polar surface area (TPSA) is 62.5 Å². The summed E-state index contributed by atoms with van der Waals surface area (Å²) >= 11 is 1.47. The fourth-order valence-corrected chi connectivity index (χ4v) is 4.80. The molecule has 0 aliphatic carbocycles. The van der Waals surface area contributed by atoms with Gasteiger partial charge in [0.25, 0.3) is 0 Å². The number of rotatable bonds is 5. The van der Waals surface area contributed by atoms with Crippen LogP contribution in [-0.4, -0.2) is 33.6 Å². The minimum absolute atomic E-state index is 0.000968. The molecule has 9 heteroatoms. The average Bonchev–Trinajstić information content (AvgIpc) is 3.39. The molecule has 0 saturated carbocycles. The Labute approximate surface area is 187 Å². The third-order valence-electron chi connectivity index (χ3n) is 5.62. The maximum Gasteiger partial charge on any atom is 0.225 e. The first-order chi connectivity index (χ1) is 15.5. The number of aromatic nitrogens is 3. The van der Waals surface area contributed by atoms with Crippen LogP contribution in [0.25, 0.3) is 16.2 Å². The lowest BCUT2D eigenvalue weighted by molar-refractivity contribution is -0.125. The maximum absolute atomic E-state index is 13.2. The summed E-state index contributed by atoms with van der Waals surface area (Å²) in [5.41, 5.74) is 2.44. The number of nitrogens with zero attached hydrogens (tertiary/aromatic N) is 4. The van der Waals surface area contributed by atoms with Gasteiger partial charge in [0.1, 0.15) is 11.6 Å². The highest BCUT2D eigenvalue weighted by Crippen LogP contribution is 2.30. The lowest BCUT2D eigenvalue weighted by atomic mass is 9.97. The first kappa shape index (κ1) is 20.6. The largest absolute Gasteiger partial charge is 0.352 e. The van der Waals surface area contributed by atoms with Crippen LogP contribution in [0.2, 0.25) is 0 Å². The van der Waals surface area contributed by atoms with Gasteiger partial charge in [-0.15, -0.1) is 5.10 Å². The summed E-state index contributed by atoms with van der Waals surface area (Å²) in [5, 5.41) is 8.44. The molecule has 32 heavy (non-hydrogen) atoms. The van der Waals surface area contributed by atoms with Crippen LogP contribution in [0.15, 0.2) is 54.7 Å². The molecule has 2 aromatic heterocycles. The SMILES string of the molecule is O=C(NCc1ccc(F)cc1)[C@H]1CCCN(c2nn3cc(-c4ccc(F)cc4)nc3s2)C1. The summed E-state index contributed by atoms with van der Waals surface area (Å²) in [7, 11) is 0. The predicted octanol–water partition coefficient (Wildman–Crippen LogP) is 4.27. The zero-order valence-electron chi connectivity index (χ0n) is 17.2. The molecule has 164 valence electrons. The summed E-state index contributed by atoms with van der Waals surface area (Å²) in [6.07, 6.45) is 3.56. The van der Waals surface area contributed by atoms with Crippen LogP contribution in [0.5, 0.6) is 0 Å². The zero-order chi connectivity index (χ0) is 22.1. The molecule has 6 nitrogen and oxygen atoms in total. The normalized spacial score (nSPS) is 16.4. The summed E-state index contributed by atoms with van der Waals surface area (Å²) in [4.78, 5) is 20.2. The number of nitrogens with one attached hydrogen (secondary N) is 1. The van der Waals surface area contributed by atoms with E-state index in [1.807, 2.05) is 6.20 Å². The lowest BCUT2D eigenvalue weighted by Gasteiger charge is -2.31. The van der Waals surface area contributed by atoms with E-state index < -0.39 is 0 Å². The van der Waals surface area contributed by atoms with Crippen molar-refractivity contribution in [3.8, 4) is 11.3 Å². The van der Waals surface area contributed by atoms with Crippen molar-refractivity contribution in [3.05, 3.63) is 71.9 Å². The van der Waals surface area contributed by atoms with Gasteiger partial charge in [-0.05, 0) is 54.8 Å². The van der Waals surface area contributed by atoms with Crippen LogP contribution in [-0.2, 0) is 11.3 Å². The number of piperidine rings is 1. The lowest BCUT2D eigenvalue weighted by Crippen LogP contribution is -2.43. The number of carbonyl (C=O) groups is 1. The molecule has 0 unspecified atom stereocenters. The van der Waals surface area contributed by atoms with Gasteiger partial charge < -0.3 is 10.2 Å². The van der Waals surface area contributed by atoms with E-state index in [0.717, 1.165) is 46.3 Å². The molecule has 2 aromatic carbocycles. The van der Waals surface area contributed by atoms with E-state index in [4.69, 9.17) is 0 Å². The second-order valence-corrected chi connectivity index (χ2v) is 8.81. The van der Waals surface area contributed by atoms with Crippen molar-refractivity contribution < 1.29 is 13.6 Å². The van der Waals surface area contributed by atoms with Crippen LogP contribution in [0.4, 0.5) is 13.9 Å². The van der Waals surface area contributed by atoms with E-state index in [2.05, 4.69) is 20.3 Å². The highest BCUT2D eigenvalue weighted by molar-refractivity contribution is 7.20. The van der Waals surface area contributed by atoms with E-state index in [0.29, 0.717) is 13.1 Å². The zero-order valence-corrected chi connectivity index (χ0v) is 18.0. The van der Waals surface area contributed by atoms with Gasteiger partial charge in [-0.1, -0.05) is 23.5 Å². The molecule has 1 fully saturated rings. The van der Waals surface area contributed by atoms with Crippen molar-refractivity contribution in [3.63, 3.8) is 0 Å². The van der Waals surface area contributed by atoms with Crippen LogP contribution >= 0.6 is 11.3 Å². The number of imidazole rings is 1. The predicted molar refractivity (Wildman–Crippen MR) is 119 cm³/mol. The average molecular weight is 454 g/mol. The molecular formula is C23H21F2N5OS. The molecule has 1 aliphatic heterocycles. The Bertz CT molecular complexity index is 1200. The van der Waals surface area contributed by atoms with E-state index in [-0.39, 0.29) is 23.5 Å². The summed E-state index contributed by atoms with van der Waals surface area (Å²) in [6.45, 7) is 1.81. The fraction of sp³-hybridized carbons (Fsp3) is 0.261. The van der Waals surface area contributed by atoms with Crippen molar-refractivity contribution in [1.29, 1.82) is 0 Å². The Morgan fingerprint density at radius 3 is 2.53 bits per heavy atom. The minimum atomic E-state index is -0.289. The van der Waals surface area contributed by atoms with Crippen LogP contribution < -0.4 is 10.2 Å². The number of amides is 1. The van der Waals surface area contributed by atoms with Crippen LogP contribution in [0.1, 0.15) is 18.4 Å². The standard InChI is InChI=1S/C23H21F2N5OS/c24-18-7-3-15(4-8-18)12-26-21(31)17-2-1-11-29(13-17)23-28-30-14-20(27-22(30)32-23)16-5-9-19(25)10-6-16/h3-10,14,17H,1-2,11-13H2,(H,26,31)/t17-/m0/s1. The maximum atomic E-state index is 13.2. The molecule has 0 spiro atoms. The summed E-state index contributed by atoms with van der Waals surface area (Å²) in [5.74, 6) is -0.701. The molecule has 1 N–H and O–H groups in total. The van der Waals surface area contributed by atoms with E-state index in [1.165, 1.54) is 35.6 Å². The van der Waals surface area contributed by atoms with Gasteiger partial charge >= 0.3 is 0 Å². The Balaban J connectivity index is 1.24. The van der Waals surface area contributed by atoms with Crippen molar-refractivity contribution in [2.75, 3.05) is 18.0 Å². The first-order valence-corrected chi connectivity index (χ1v) is 11.3. The molecule has 0 bridgehead atoms. The van der Waals surface area contributed by atoms with E-state index >= 15 is 0 Å². The molecule has 1 aliphatic rings. The van der Waals surface area contributed by atoms with Gasteiger partial charge in [0, 0.05) is 25.2 Å². The van der Waals surface area contributed by atoms with Crippen LogP contribution in [0, 0.1) is 17.6 Å². The number of hydrogen-bond acceptors (Lipinski definition) is 5. The summed E-state index contributed by atoms with van der Waals surface area (Å²) < 4.78 is 27.9. The number of anilines is 1. The molecule has 5 rings (SSSR count). The molecule has 1 atom stereocenters. The minimum Gasteiger partial charge on any atom is -0.352 e. The van der Waals surface area contributed by atoms with Gasteiger partial charge in [-0.3, -0.25) is 4.79 Å². The third-order valence-corrected chi connectivity index (χ3v) is 6.60. The van der Waals surface area contributed by atoms with Crippen LogP contribution in [0.3, 0.4) is 0 Å². The molecule has 1 saturated heterocycles. The van der Waals surface area contributed by atoms with Crippen molar-refractivity contribution in [2.45, 2.75) is 19.4 Å². The number of fused-ring (bicyclic) bond motifs is 1. The Hall–Kier alpha value is -3.33. The fourth-order valence-electron chi connectivity index (χ4n) is 3.88. The quantitative estimate of drug-likeness (QED) is 0.490. The van der Waals surface area contributed by atoms with Gasteiger partial charge in [-0.25, -0.2) is 18.3 Å². The second-order valence-electron chi connectivity index (χ2n) is 7.87. The summed E-state index contributed by atoms with van der Waals surface area (Å²) in [6, 6.07) is 12.4. The van der Waals surface area contributed by atoms with Crippen molar-refractivity contribution in [1.82, 2.24) is 19.9 Å². The third kappa shape index (κ3) is 4.34. The van der Waals surface area contributed by atoms with Gasteiger partial charge in [0.2, 0.25) is 16.0 Å². The molecule has 0 radical (unpaired) electrons. The van der Waals surface area contributed by atoms with Gasteiger partial charge in [-0.2, -0.15) is 0 Å². The van der Waals surface area contributed by atoms with Gasteiger partial charge in [0.15, 0.2) is 0 Å². The molecular weight excluding hydrogens is 432 g/mol. The number of halogens is 2. The monoisotopic (exact) mass is 453 g/mol. The van der Waals surface area contributed by atoms with E-state index in [1.54, 1.807) is 28.8 Å². The first-order valence-electron chi connectivity index (χ1n) is 10.4. The smallest absolute Gasteiger partial charge is 0.225 e. The Kier molecular flexibility index (Phi) is 5.57. The van der Waals surface area contributed by atoms with Gasteiger partial charge in [0.05, 0.1) is 17.8 Å². The number of hydrogen-bond donors (Lipinski definition) is 1. The Morgan fingerprint density at radius 2 is 1.81 bits per heavy atom. The molecule has 3 heterocycles. The Morgan fingerprint density at radius 1 is 1.09 bits per heavy atom. The highest BCUT2D eigenvalue weighted by Gasteiger charge is 2.27. The second kappa shape index (κ2) is 8.66. The number of carbonyl (C=O) groups excluding carboxylic acids is 1.